The van der Waals surface area contributed by atoms with E-state index in [2.05, 4.69) is 37.7 Å². The highest BCUT2D eigenvalue weighted by atomic mass is 19.1. The van der Waals surface area contributed by atoms with E-state index in [0.717, 1.165) is 38.2 Å². The van der Waals surface area contributed by atoms with E-state index in [4.69, 9.17) is 0 Å². The molecule has 0 spiro atoms. The van der Waals surface area contributed by atoms with Crippen LogP contribution in [0.3, 0.4) is 0 Å². The lowest BCUT2D eigenvalue weighted by molar-refractivity contribution is -0.134. The van der Waals surface area contributed by atoms with Gasteiger partial charge in [-0.15, -0.1) is 0 Å². The van der Waals surface area contributed by atoms with Crippen LogP contribution in [0.25, 0.3) is 0 Å². The number of nitrogens with zero attached hydrogens (tertiary/aromatic N) is 3. The van der Waals surface area contributed by atoms with Gasteiger partial charge in [-0.3, -0.25) is 4.79 Å². The number of hydrogen-bond donors (Lipinski definition) is 0. The Balaban J connectivity index is 2.06. The lowest BCUT2D eigenvalue weighted by Crippen LogP contribution is -2.46. The molecular weight excluding hydrogens is 317 g/mol. The molecule has 1 aromatic carbocycles. The molecule has 0 radical (unpaired) electrons. The minimum atomic E-state index is -0.238. The number of carbonyl (C=O) groups excluding carboxylic acids is 1. The summed E-state index contributed by atoms with van der Waals surface area (Å²) in [6.45, 7) is 8.76. The molecule has 1 aliphatic rings. The van der Waals surface area contributed by atoms with E-state index in [0.29, 0.717) is 18.9 Å². The molecule has 0 aromatic heterocycles. The van der Waals surface area contributed by atoms with Crippen LogP contribution in [0.15, 0.2) is 24.3 Å². The van der Waals surface area contributed by atoms with E-state index >= 15 is 0 Å². The van der Waals surface area contributed by atoms with Gasteiger partial charge >= 0.3 is 0 Å². The van der Waals surface area contributed by atoms with Crippen molar-refractivity contribution in [1.82, 2.24) is 14.7 Å². The van der Waals surface area contributed by atoms with Crippen molar-refractivity contribution in [2.45, 2.75) is 39.3 Å². The van der Waals surface area contributed by atoms with E-state index in [-0.39, 0.29) is 17.8 Å². The summed E-state index contributed by atoms with van der Waals surface area (Å²) < 4.78 is 13.1. The molecule has 1 heterocycles. The number of rotatable bonds is 7. The first-order valence-corrected chi connectivity index (χ1v) is 9.28. The van der Waals surface area contributed by atoms with Gasteiger partial charge in [-0.25, -0.2) is 4.39 Å². The third-order valence-electron chi connectivity index (χ3n) is 4.92. The summed E-state index contributed by atoms with van der Waals surface area (Å²) in [6.07, 6.45) is 1.68. The minimum Gasteiger partial charge on any atom is -0.334 e. The standard InChI is InChI=1S/C20H32FN3O/c1-16(2)19-15-23(12-5-11-22(3)4)13-10-20(25)24(19)14-17-6-8-18(21)9-7-17/h6-9,16,19H,5,10-15H2,1-4H3. The number of hydrogen-bond acceptors (Lipinski definition) is 3. The largest absolute Gasteiger partial charge is 0.334 e. The van der Waals surface area contributed by atoms with Gasteiger partial charge in [0.15, 0.2) is 0 Å². The number of halogens is 1. The van der Waals surface area contributed by atoms with Crippen LogP contribution in [-0.2, 0) is 11.3 Å². The number of carbonyl (C=O) groups is 1. The molecule has 1 unspecified atom stereocenters. The minimum absolute atomic E-state index is 0.194. The van der Waals surface area contributed by atoms with E-state index < -0.39 is 0 Å². The Morgan fingerprint density at radius 3 is 2.52 bits per heavy atom. The van der Waals surface area contributed by atoms with Crippen LogP contribution < -0.4 is 0 Å². The summed E-state index contributed by atoms with van der Waals surface area (Å²) in [5, 5.41) is 0. The number of benzene rings is 1. The van der Waals surface area contributed by atoms with E-state index in [1.54, 1.807) is 12.1 Å². The van der Waals surface area contributed by atoms with Gasteiger partial charge in [0.25, 0.3) is 0 Å². The summed E-state index contributed by atoms with van der Waals surface area (Å²) in [5.74, 6) is 0.357. The monoisotopic (exact) mass is 349 g/mol. The molecule has 1 aliphatic heterocycles. The maximum Gasteiger partial charge on any atom is 0.224 e. The van der Waals surface area contributed by atoms with Crippen molar-refractivity contribution in [1.29, 1.82) is 0 Å². The van der Waals surface area contributed by atoms with Gasteiger partial charge in [0.05, 0.1) is 0 Å². The quantitative estimate of drug-likeness (QED) is 0.757. The van der Waals surface area contributed by atoms with Gasteiger partial charge in [0, 0.05) is 32.1 Å². The van der Waals surface area contributed by atoms with Crippen molar-refractivity contribution < 1.29 is 9.18 Å². The zero-order valence-electron chi connectivity index (χ0n) is 16.0. The first-order chi connectivity index (χ1) is 11.9. The van der Waals surface area contributed by atoms with Crippen molar-refractivity contribution in [2.24, 2.45) is 5.92 Å². The zero-order valence-corrected chi connectivity index (χ0v) is 16.0. The first-order valence-electron chi connectivity index (χ1n) is 9.28. The average Bonchev–Trinajstić information content (AvgIpc) is 2.70. The lowest BCUT2D eigenvalue weighted by atomic mass is 10.0. The van der Waals surface area contributed by atoms with Crippen LogP contribution in [0.1, 0.15) is 32.3 Å². The van der Waals surface area contributed by atoms with Crippen LogP contribution in [-0.4, -0.2) is 66.9 Å². The highest BCUT2D eigenvalue weighted by Crippen LogP contribution is 2.21. The van der Waals surface area contributed by atoms with Crippen LogP contribution >= 0.6 is 0 Å². The summed E-state index contributed by atoms with van der Waals surface area (Å²) in [7, 11) is 4.18. The van der Waals surface area contributed by atoms with Crippen molar-refractivity contribution in [2.75, 3.05) is 40.3 Å². The van der Waals surface area contributed by atoms with Gasteiger partial charge in [0.2, 0.25) is 5.91 Å². The van der Waals surface area contributed by atoms with Crippen molar-refractivity contribution in [3.63, 3.8) is 0 Å². The second-order valence-electron chi connectivity index (χ2n) is 7.67. The second-order valence-corrected chi connectivity index (χ2v) is 7.67. The van der Waals surface area contributed by atoms with E-state index in [1.165, 1.54) is 12.1 Å². The van der Waals surface area contributed by atoms with Crippen molar-refractivity contribution in [3.05, 3.63) is 35.6 Å². The Kier molecular flexibility index (Phi) is 7.38. The molecule has 1 amide bonds. The molecule has 0 bridgehead atoms. The molecule has 1 aromatic rings. The van der Waals surface area contributed by atoms with Gasteiger partial charge in [-0.1, -0.05) is 26.0 Å². The highest BCUT2D eigenvalue weighted by molar-refractivity contribution is 5.77. The zero-order chi connectivity index (χ0) is 18.4. The molecule has 25 heavy (non-hydrogen) atoms. The topological polar surface area (TPSA) is 26.8 Å². The second kappa shape index (κ2) is 9.30. The molecule has 1 saturated heterocycles. The maximum atomic E-state index is 13.1. The molecule has 0 saturated carbocycles. The Hall–Kier alpha value is -1.46. The van der Waals surface area contributed by atoms with Gasteiger partial charge < -0.3 is 14.7 Å². The third kappa shape index (κ3) is 6.08. The molecule has 2 rings (SSSR count). The van der Waals surface area contributed by atoms with Crippen LogP contribution in [0, 0.1) is 11.7 Å². The molecule has 0 N–H and O–H groups in total. The van der Waals surface area contributed by atoms with E-state index in [1.807, 2.05) is 4.90 Å². The molecule has 140 valence electrons. The van der Waals surface area contributed by atoms with Crippen molar-refractivity contribution >= 4 is 5.91 Å². The Morgan fingerprint density at radius 2 is 1.92 bits per heavy atom. The normalized spacial score (nSPS) is 19.7. The third-order valence-corrected chi connectivity index (χ3v) is 4.92. The molecule has 1 fully saturated rings. The van der Waals surface area contributed by atoms with E-state index in [9.17, 15) is 9.18 Å². The predicted molar refractivity (Wildman–Crippen MR) is 99.8 cm³/mol. The van der Waals surface area contributed by atoms with Gasteiger partial charge in [-0.2, -0.15) is 0 Å². The SMILES string of the molecule is CC(C)C1CN(CCCN(C)C)CCC(=O)N1Cc1ccc(F)cc1. The summed E-state index contributed by atoms with van der Waals surface area (Å²) in [6, 6.07) is 6.68. The summed E-state index contributed by atoms with van der Waals surface area (Å²) in [5.41, 5.74) is 0.987. The smallest absolute Gasteiger partial charge is 0.224 e. The van der Waals surface area contributed by atoms with Gasteiger partial charge in [-0.05, 0) is 57.2 Å². The first kappa shape index (κ1) is 19.9. The fourth-order valence-corrected chi connectivity index (χ4v) is 3.41. The maximum absolute atomic E-state index is 13.1. The van der Waals surface area contributed by atoms with Crippen LogP contribution in [0.2, 0.25) is 0 Å². The molecule has 5 heteroatoms. The Morgan fingerprint density at radius 1 is 1.24 bits per heavy atom. The van der Waals surface area contributed by atoms with Gasteiger partial charge in [0.1, 0.15) is 5.82 Å². The Bertz CT molecular complexity index is 544. The fraction of sp³-hybridized carbons (Fsp3) is 0.650. The highest BCUT2D eigenvalue weighted by Gasteiger charge is 2.31. The van der Waals surface area contributed by atoms with Crippen LogP contribution in [0.5, 0.6) is 0 Å². The molecule has 4 nitrogen and oxygen atoms in total. The lowest BCUT2D eigenvalue weighted by Gasteiger charge is -2.35. The predicted octanol–water partition coefficient (Wildman–Crippen LogP) is 2.84. The fourth-order valence-electron chi connectivity index (χ4n) is 3.41. The Labute approximate surface area is 151 Å². The summed E-state index contributed by atoms with van der Waals surface area (Å²) >= 11 is 0. The number of amides is 1. The molecular formula is C20H32FN3O. The molecule has 1 atom stereocenters. The average molecular weight is 349 g/mol. The van der Waals surface area contributed by atoms with Crippen LogP contribution in [0.4, 0.5) is 4.39 Å². The van der Waals surface area contributed by atoms with Crippen molar-refractivity contribution in [3.8, 4) is 0 Å². The summed E-state index contributed by atoms with van der Waals surface area (Å²) in [4.78, 5) is 19.4. The molecule has 0 aliphatic carbocycles.